The molecule has 1 aromatic rings. The Morgan fingerprint density at radius 2 is 1.50 bits per heavy atom. The molecule has 1 aromatic carbocycles. The summed E-state index contributed by atoms with van der Waals surface area (Å²) in [4.78, 5) is 0. The molecular formula is C20H31BO2Si. The third-order valence-corrected chi connectivity index (χ3v) is 10.6. The third-order valence-electron chi connectivity index (χ3n) is 6.47. The molecule has 0 saturated carbocycles. The van der Waals surface area contributed by atoms with E-state index in [1.54, 1.807) is 5.19 Å². The van der Waals surface area contributed by atoms with E-state index in [1.807, 2.05) is 0 Å². The first-order valence-electron chi connectivity index (χ1n) is 9.23. The van der Waals surface area contributed by atoms with Crippen LogP contribution in [0.25, 0.3) is 0 Å². The van der Waals surface area contributed by atoms with Crippen LogP contribution in [0, 0.1) is 0 Å². The van der Waals surface area contributed by atoms with Gasteiger partial charge in [-0.15, -0.1) is 0 Å². The molecule has 1 saturated heterocycles. The second-order valence-electron chi connectivity index (χ2n) is 8.95. The van der Waals surface area contributed by atoms with Crippen LogP contribution in [-0.4, -0.2) is 26.4 Å². The van der Waals surface area contributed by atoms with Gasteiger partial charge in [0.15, 0.2) is 0 Å². The monoisotopic (exact) mass is 342 g/mol. The molecule has 0 aromatic heterocycles. The molecule has 2 aliphatic rings. The number of allylic oxidation sites excluding steroid dienone is 2. The van der Waals surface area contributed by atoms with Crippen LogP contribution >= 0.6 is 0 Å². The molecule has 2 atom stereocenters. The van der Waals surface area contributed by atoms with Gasteiger partial charge in [-0.1, -0.05) is 60.8 Å². The van der Waals surface area contributed by atoms with Crippen molar-refractivity contribution in [1.29, 1.82) is 0 Å². The van der Waals surface area contributed by atoms with E-state index in [4.69, 9.17) is 9.31 Å². The van der Waals surface area contributed by atoms with Crippen molar-refractivity contribution in [2.45, 2.75) is 76.2 Å². The molecule has 1 aliphatic heterocycles. The lowest BCUT2D eigenvalue weighted by Gasteiger charge is -2.35. The zero-order valence-electron chi connectivity index (χ0n) is 16.0. The largest absolute Gasteiger partial charge is 0.465 e. The van der Waals surface area contributed by atoms with Gasteiger partial charge in [0.05, 0.1) is 19.3 Å². The lowest BCUT2D eigenvalue weighted by atomic mass is 9.67. The molecule has 130 valence electrons. The summed E-state index contributed by atoms with van der Waals surface area (Å²) in [7, 11) is -1.58. The molecule has 0 spiro atoms. The van der Waals surface area contributed by atoms with Crippen LogP contribution in [0.3, 0.4) is 0 Å². The predicted molar refractivity (Wildman–Crippen MR) is 106 cm³/mol. The molecule has 0 radical (unpaired) electrons. The van der Waals surface area contributed by atoms with Crippen LogP contribution in [-0.2, 0) is 9.31 Å². The van der Waals surface area contributed by atoms with E-state index in [2.05, 4.69) is 83.3 Å². The highest BCUT2D eigenvalue weighted by molar-refractivity contribution is 6.91. The van der Waals surface area contributed by atoms with Crippen molar-refractivity contribution in [2.75, 3.05) is 0 Å². The van der Waals surface area contributed by atoms with Gasteiger partial charge in [0.2, 0.25) is 0 Å². The maximum Gasteiger partial charge on any atom is 0.465 e. The van der Waals surface area contributed by atoms with E-state index >= 15 is 0 Å². The van der Waals surface area contributed by atoms with Crippen LogP contribution in [0.1, 0.15) is 40.5 Å². The van der Waals surface area contributed by atoms with E-state index in [0.29, 0.717) is 11.4 Å². The maximum atomic E-state index is 6.25. The number of hydrogen-bond donors (Lipinski definition) is 0. The van der Waals surface area contributed by atoms with Crippen molar-refractivity contribution in [3.63, 3.8) is 0 Å². The number of benzene rings is 1. The fourth-order valence-corrected chi connectivity index (χ4v) is 6.78. The summed E-state index contributed by atoms with van der Waals surface area (Å²) in [6.45, 7) is 13.5. The molecule has 24 heavy (non-hydrogen) atoms. The molecule has 3 rings (SSSR count). The zero-order chi connectivity index (χ0) is 17.6. The summed E-state index contributed by atoms with van der Waals surface area (Å²) in [5, 5.41) is 1.55. The first-order chi connectivity index (χ1) is 11.1. The predicted octanol–water partition coefficient (Wildman–Crippen LogP) is 4.78. The Morgan fingerprint density at radius 3 is 2.00 bits per heavy atom. The Kier molecular flexibility index (Phi) is 4.61. The molecule has 0 bridgehead atoms. The lowest BCUT2D eigenvalue weighted by molar-refractivity contribution is 0.00578. The minimum Gasteiger partial charge on any atom is -0.403 e. The van der Waals surface area contributed by atoms with Gasteiger partial charge in [0, 0.05) is 5.82 Å². The Balaban J connectivity index is 1.71. The lowest BCUT2D eigenvalue weighted by Crippen LogP contribution is -2.46. The van der Waals surface area contributed by atoms with Gasteiger partial charge < -0.3 is 9.31 Å². The van der Waals surface area contributed by atoms with Gasteiger partial charge in [-0.3, -0.25) is 0 Å². The minimum atomic E-state index is -1.47. The average molecular weight is 342 g/mol. The molecule has 2 nitrogen and oxygen atoms in total. The number of rotatable bonds is 3. The highest BCUT2D eigenvalue weighted by atomic mass is 28.3. The van der Waals surface area contributed by atoms with Crippen molar-refractivity contribution in [3.8, 4) is 0 Å². The number of hydrogen-bond acceptors (Lipinski definition) is 2. The summed E-state index contributed by atoms with van der Waals surface area (Å²) in [6.07, 6.45) is 7.22. The Bertz CT molecular complexity index is 593. The van der Waals surface area contributed by atoms with Crippen LogP contribution in [0.5, 0.6) is 0 Å². The Labute approximate surface area is 148 Å². The van der Waals surface area contributed by atoms with Gasteiger partial charge in [-0.25, -0.2) is 0 Å². The van der Waals surface area contributed by atoms with E-state index in [1.165, 1.54) is 6.42 Å². The van der Waals surface area contributed by atoms with Crippen molar-refractivity contribution < 1.29 is 9.31 Å². The summed E-state index contributed by atoms with van der Waals surface area (Å²) in [6, 6.07) is 11.1. The normalized spacial score (nSPS) is 29.0. The minimum absolute atomic E-state index is 0.103. The zero-order valence-corrected chi connectivity index (χ0v) is 17.0. The van der Waals surface area contributed by atoms with Crippen molar-refractivity contribution in [3.05, 3.63) is 42.5 Å². The van der Waals surface area contributed by atoms with Crippen LogP contribution in [0.15, 0.2) is 42.5 Å². The average Bonchev–Trinajstić information content (AvgIpc) is 2.76. The second-order valence-corrected chi connectivity index (χ2v) is 13.7. The molecular weight excluding hydrogens is 311 g/mol. The molecule has 0 N–H and O–H groups in total. The second kappa shape index (κ2) is 6.15. The summed E-state index contributed by atoms with van der Waals surface area (Å²) in [5.41, 5.74) is 0.222. The SMILES string of the molecule is CC1(C)OB([C@@H]2C=C[C@@H]([Si](C)(C)c3ccccc3)CC2)OC1(C)C. The molecule has 1 heterocycles. The molecule has 0 amide bonds. The van der Waals surface area contributed by atoms with Crippen LogP contribution in [0.4, 0.5) is 0 Å². The topological polar surface area (TPSA) is 18.5 Å². The summed E-state index contributed by atoms with van der Waals surface area (Å²) >= 11 is 0. The third kappa shape index (κ3) is 3.16. The Hall–Kier alpha value is -0.838. The van der Waals surface area contributed by atoms with E-state index in [9.17, 15) is 0 Å². The van der Waals surface area contributed by atoms with Gasteiger partial charge in [-0.2, -0.15) is 0 Å². The van der Waals surface area contributed by atoms with Crippen LogP contribution < -0.4 is 5.19 Å². The van der Waals surface area contributed by atoms with Gasteiger partial charge in [-0.05, 0) is 46.1 Å². The van der Waals surface area contributed by atoms with Gasteiger partial charge >= 0.3 is 7.12 Å². The van der Waals surface area contributed by atoms with Crippen molar-refractivity contribution in [1.82, 2.24) is 0 Å². The molecule has 1 fully saturated rings. The fraction of sp³-hybridized carbons (Fsp3) is 0.600. The van der Waals surface area contributed by atoms with E-state index < -0.39 is 8.07 Å². The fourth-order valence-electron chi connectivity index (χ4n) is 3.81. The first-order valence-corrected chi connectivity index (χ1v) is 12.3. The van der Waals surface area contributed by atoms with E-state index in [0.717, 1.165) is 6.42 Å². The van der Waals surface area contributed by atoms with Gasteiger partial charge in [0.1, 0.15) is 0 Å². The highest BCUT2D eigenvalue weighted by Crippen LogP contribution is 2.44. The highest BCUT2D eigenvalue weighted by Gasteiger charge is 2.53. The summed E-state index contributed by atoms with van der Waals surface area (Å²) < 4.78 is 12.5. The van der Waals surface area contributed by atoms with E-state index in [-0.39, 0.29) is 18.3 Å². The summed E-state index contributed by atoms with van der Waals surface area (Å²) in [5.74, 6) is 0.378. The molecule has 4 heteroatoms. The first kappa shape index (κ1) is 18.0. The molecule has 0 unspecified atom stereocenters. The van der Waals surface area contributed by atoms with Crippen molar-refractivity contribution >= 4 is 20.4 Å². The quantitative estimate of drug-likeness (QED) is 0.581. The Morgan fingerprint density at radius 1 is 0.917 bits per heavy atom. The van der Waals surface area contributed by atoms with Gasteiger partial charge in [0.25, 0.3) is 0 Å². The molecule has 1 aliphatic carbocycles. The smallest absolute Gasteiger partial charge is 0.403 e. The maximum absolute atomic E-state index is 6.25. The standard InChI is InChI=1S/C20H31BO2Si/c1-19(2)20(3,4)23-21(22-19)16-12-14-18(15-13-16)24(5,6)17-10-8-7-9-11-17/h7-12,14,16,18H,13,15H2,1-6H3/t16-,18-/m1/s1. The van der Waals surface area contributed by atoms with Crippen molar-refractivity contribution in [2.24, 2.45) is 0 Å². The van der Waals surface area contributed by atoms with Crippen LogP contribution in [0.2, 0.25) is 24.5 Å².